The van der Waals surface area contributed by atoms with Crippen LogP contribution in [0.25, 0.3) is 0 Å². The van der Waals surface area contributed by atoms with Gasteiger partial charge in [0.15, 0.2) is 0 Å². The topological polar surface area (TPSA) is 50.4 Å². The van der Waals surface area contributed by atoms with Gasteiger partial charge in [0.2, 0.25) is 5.91 Å². The molecule has 2 atom stereocenters. The molecule has 0 bridgehead atoms. The summed E-state index contributed by atoms with van der Waals surface area (Å²) in [5.74, 6) is 0.0314. The highest BCUT2D eigenvalue weighted by atomic mass is 32.1. The van der Waals surface area contributed by atoms with Gasteiger partial charge in [0.1, 0.15) is 0 Å². The van der Waals surface area contributed by atoms with Crippen LogP contribution in [0.2, 0.25) is 0 Å². The van der Waals surface area contributed by atoms with E-state index in [4.69, 9.17) is 4.74 Å². The van der Waals surface area contributed by atoms with E-state index < -0.39 is 0 Å². The van der Waals surface area contributed by atoms with Gasteiger partial charge in [-0.15, -0.1) is 11.3 Å². The van der Waals surface area contributed by atoms with Crippen LogP contribution in [0.4, 0.5) is 0 Å². The molecule has 1 saturated heterocycles. The van der Waals surface area contributed by atoms with Gasteiger partial charge in [0.05, 0.1) is 23.8 Å². The maximum absolute atomic E-state index is 12.2. The van der Waals surface area contributed by atoms with E-state index in [1.165, 1.54) is 4.88 Å². The fraction of sp³-hybridized carbons (Fsp3) is 0.688. The van der Waals surface area contributed by atoms with Crippen LogP contribution in [0.1, 0.15) is 45.9 Å². The van der Waals surface area contributed by atoms with E-state index in [2.05, 4.69) is 38.3 Å². The number of nitrogens with one attached hydrogen (secondary N) is 2. The molecule has 2 heterocycles. The zero-order valence-electron chi connectivity index (χ0n) is 13.5. The predicted molar refractivity (Wildman–Crippen MR) is 86.4 cm³/mol. The predicted octanol–water partition coefficient (Wildman–Crippen LogP) is 2.69. The Morgan fingerprint density at radius 3 is 2.71 bits per heavy atom. The van der Waals surface area contributed by atoms with Gasteiger partial charge in [-0.3, -0.25) is 4.79 Å². The first kappa shape index (κ1) is 16.5. The lowest BCUT2D eigenvalue weighted by Gasteiger charge is -2.29. The van der Waals surface area contributed by atoms with E-state index in [0.717, 1.165) is 6.42 Å². The van der Waals surface area contributed by atoms with Crippen molar-refractivity contribution in [2.45, 2.75) is 70.9 Å². The molecule has 0 aliphatic carbocycles. The van der Waals surface area contributed by atoms with Crippen LogP contribution in [-0.2, 0) is 16.1 Å². The summed E-state index contributed by atoms with van der Waals surface area (Å²) in [7, 11) is 0. The summed E-state index contributed by atoms with van der Waals surface area (Å²) in [4.78, 5) is 13.4. The van der Waals surface area contributed by atoms with E-state index in [-0.39, 0.29) is 29.2 Å². The molecule has 1 fully saturated rings. The molecular weight excluding hydrogens is 284 g/mol. The fourth-order valence-electron chi connectivity index (χ4n) is 2.94. The molecule has 0 radical (unpaired) electrons. The Morgan fingerprint density at radius 2 is 2.19 bits per heavy atom. The van der Waals surface area contributed by atoms with Gasteiger partial charge in [-0.2, -0.15) is 0 Å². The average Bonchev–Trinajstić information content (AvgIpc) is 2.92. The SMILES string of the molecule is C[C@H](N[C@H]1CC(C)(C)OC1(C)C)C(=O)NCc1cccs1. The van der Waals surface area contributed by atoms with Crippen molar-refractivity contribution < 1.29 is 9.53 Å². The number of thiophene rings is 1. The van der Waals surface area contributed by atoms with Gasteiger partial charge in [-0.25, -0.2) is 0 Å². The molecule has 1 aromatic heterocycles. The monoisotopic (exact) mass is 310 g/mol. The lowest BCUT2D eigenvalue weighted by atomic mass is 9.94. The van der Waals surface area contributed by atoms with Crippen LogP contribution in [0, 0.1) is 0 Å². The van der Waals surface area contributed by atoms with Crippen molar-refractivity contribution in [2.75, 3.05) is 0 Å². The number of hydrogen-bond donors (Lipinski definition) is 2. The summed E-state index contributed by atoms with van der Waals surface area (Å²) in [6, 6.07) is 3.97. The van der Waals surface area contributed by atoms with E-state index in [0.29, 0.717) is 6.54 Å². The summed E-state index contributed by atoms with van der Waals surface area (Å²) in [5, 5.41) is 8.41. The molecule has 1 aliphatic rings. The molecule has 4 nitrogen and oxygen atoms in total. The first-order valence-electron chi connectivity index (χ1n) is 7.46. The first-order valence-corrected chi connectivity index (χ1v) is 8.34. The highest BCUT2D eigenvalue weighted by Crippen LogP contribution is 2.37. The standard InChI is InChI=1S/C16H26N2O2S/c1-11(14(19)17-10-12-7-6-8-21-12)18-13-9-15(2,3)20-16(13,4)5/h6-8,11,13,18H,9-10H2,1-5H3,(H,17,19)/t11-,13-/m0/s1. The van der Waals surface area contributed by atoms with Crippen LogP contribution >= 0.6 is 11.3 Å². The summed E-state index contributed by atoms with van der Waals surface area (Å²) in [6.45, 7) is 10.9. The minimum Gasteiger partial charge on any atom is -0.368 e. The van der Waals surface area contributed by atoms with Crippen molar-refractivity contribution in [2.24, 2.45) is 0 Å². The molecule has 2 rings (SSSR count). The summed E-state index contributed by atoms with van der Waals surface area (Å²) < 4.78 is 6.06. The van der Waals surface area contributed by atoms with E-state index in [1.54, 1.807) is 11.3 Å². The Labute approximate surface area is 131 Å². The quantitative estimate of drug-likeness (QED) is 0.879. The molecule has 21 heavy (non-hydrogen) atoms. The Bertz CT molecular complexity index is 482. The molecule has 0 saturated carbocycles. The third kappa shape index (κ3) is 4.28. The van der Waals surface area contributed by atoms with Crippen molar-refractivity contribution >= 4 is 17.2 Å². The molecule has 5 heteroatoms. The second-order valence-electron chi connectivity index (χ2n) is 6.91. The second kappa shape index (κ2) is 6.07. The highest BCUT2D eigenvalue weighted by Gasteiger charge is 2.46. The largest absolute Gasteiger partial charge is 0.368 e. The van der Waals surface area contributed by atoms with Crippen molar-refractivity contribution in [3.05, 3.63) is 22.4 Å². The molecule has 1 amide bonds. The maximum Gasteiger partial charge on any atom is 0.237 e. The van der Waals surface area contributed by atoms with Crippen LogP contribution in [0.15, 0.2) is 17.5 Å². The van der Waals surface area contributed by atoms with E-state index >= 15 is 0 Å². The van der Waals surface area contributed by atoms with Gasteiger partial charge in [-0.05, 0) is 52.5 Å². The van der Waals surface area contributed by atoms with Crippen molar-refractivity contribution in [3.63, 3.8) is 0 Å². The fourth-order valence-corrected chi connectivity index (χ4v) is 3.58. The van der Waals surface area contributed by atoms with Crippen LogP contribution in [-0.4, -0.2) is 29.2 Å². The van der Waals surface area contributed by atoms with Gasteiger partial charge >= 0.3 is 0 Å². The van der Waals surface area contributed by atoms with Crippen molar-refractivity contribution in [1.29, 1.82) is 0 Å². The molecule has 1 aromatic rings. The molecule has 1 aliphatic heterocycles. The third-order valence-electron chi connectivity index (χ3n) is 3.94. The summed E-state index contributed by atoms with van der Waals surface area (Å²) in [5.41, 5.74) is -0.403. The zero-order valence-corrected chi connectivity index (χ0v) is 14.3. The minimum absolute atomic E-state index is 0.0314. The van der Waals surface area contributed by atoms with E-state index in [9.17, 15) is 4.79 Å². The summed E-state index contributed by atoms with van der Waals surface area (Å²) in [6.07, 6.45) is 0.905. The Hall–Kier alpha value is -0.910. The Kier molecular flexibility index (Phi) is 4.76. The van der Waals surface area contributed by atoms with Gasteiger partial charge in [0.25, 0.3) is 0 Å². The molecule has 118 valence electrons. The Balaban J connectivity index is 1.86. The van der Waals surface area contributed by atoms with Crippen LogP contribution in [0.5, 0.6) is 0 Å². The second-order valence-corrected chi connectivity index (χ2v) is 7.94. The molecule has 2 N–H and O–H groups in total. The lowest BCUT2D eigenvalue weighted by Crippen LogP contribution is -2.52. The number of carbonyl (C=O) groups is 1. The number of rotatable bonds is 5. The van der Waals surface area contributed by atoms with Gasteiger partial charge < -0.3 is 15.4 Å². The highest BCUT2D eigenvalue weighted by molar-refractivity contribution is 7.09. The molecule has 0 unspecified atom stereocenters. The first-order chi connectivity index (χ1) is 9.70. The van der Waals surface area contributed by atoms with Crippen LogP contribution in [0.3, 0.4) is 0 Å². The lowest BCUT2D eigenvalue weighted by molar-refractivity contribution is -0.123. The van der Waals surface area contributed by atoms with Crippen molar-refractivity contribution in [1.82, 2.24) is 10.6 Å². The summed E-state index contributed by atoms with van der Waals surface area (Å²) >= 11 is 1.65. The number of amides is 1. The van der Waals surface area contributed by atoms with Crippen LogP contribution < -0.4 is 10.6 Å². The third-order valence-corrected chi connectivity index (χ3v) is 4.81. The number of ether oxygens (including phenoxy) is 1. The van der Waals surface area contributed by atoms with Gasteiger partial charge in [0, 0.05) is 10.9 Å². The van der Waals surface area contributed by atoms with Crippen molar-refractivity contribution in [3.8, 4) is 0 Å². The number of hydrogen-bond acceptors (Lipinski definition) is 4. The average molecular weight is 310 g/mol. The number of carbonyl (C=O) groups excluding carboxylic acids is 1. The Morgan fingerprint density at radius 1 is 1.48 bits per heavy atom. The van der Waals surface area contributed by atoms with Gasteiger partial charge in [-0.1, -0.05) is 6.07 Å². The zero-order chi connectivity index (χ0) is 15.7. The molecule has 0 aromatic carbocycles. The normalized spacial score (nSPS) is 24.7. The smallest absolute Gasteiger partial charge is 0.237 e. The van der Waals surface area contributed by atoms with E-state index in [1.807, 2.05) is 24.4 Å². The minimum atomic E-state index is -0.258. The molecular formula is C16H26N2O2S. The maximum atomic E-state index is 12.2. The molecule has 0 spiro atoms.